The Morgan fingerprint density at radius 2 is 1.86 bits per heavy atom. The van der Waals surface area contributed by atoms with Crippen molar-refractivity contribution in [2.24, 2.45) is 7.05 Å². The summed E-state index contributed by atoms with van der Waals surface area (Å²) in [5.74, 6) is 2.73. The van der Waals surface area contributed by atoms with Crippen LogP contribution in [0.4, 0.5) is 0 Å². The molecule has 0 saturated heterocycles. The molecule has 0 fully saturated rings. The lowest BCUT2D eigenvalue weighted by Crippen LogP contribution is -2.04. The Balaban J connectivity index is 1.36. The Hall–Kier alpha value is -2.77. The number of halogens is 1. The second-order valence-corrected chi connectivity index (χ2v) is 7.38. The lowest BCUT2D eigenvalue weighted by Gasteiger charge is -2.06. The smallest absolute Gasteiger partial charge is 0.226 e. The van der Waals surface area contributed by atoms with Crippen LogP contribution in [0.25, 0.3) is 11.5 Å². The maximum Gasteiger partial charge on any atom is 0.226 e. The van der Waals surface area contributed by atoms with Crippen molar-refractivity contribution in [3.63, 3.8) is 0 Å². The molecule has 0 amide bonds. The van der Waals surface area contributed by atoms with E-state index < -0.39 is 0 Å². The molecule has 0 saturated carbocycles. The van der Waals surface area contributed by atoms with Crippen LogP contribution in [0.5, 0.6) is 5.75 Å². The van der Waals surface area contributed by atoms with Crippen molar-refractivity contribution in [3.05, 3.63) is 77.4 Å². The fourth-order valence-corrected chi connectivity index (χ4v) is 3.43. The Kier molecular flexibility index (Phi) is 5.64. The van der Waals surface area contributed by atoms with Gasteiger partial charge >= 0.3 is 0 Å². The van der Waals surface area contributed by atoms with Gasteiger partial charge in [0.15, 0.2) is 11.0 Å². The van der Waals surface area contributed by atoms with Crippen LogP contribution >= 0.6 is 23.4 Å². The molecule has 4 rings (SSSR count). The van der Waals surface area contributed by atoms with Crippen LogP contribution in [0.2, 0.25) is 5.02 Å². The molecule has 0 aliphatic heterocycles. The number of aromatic nitrogens is 4. The second kappa shape index (κ2) is 8.50. The first-order valence-corrected chi connectivity index (χ1v) is 9.94. The fraction of sp³-hybridized carbons (Fsp3) is 0.150. The molecule has 0 aliphatic rings. The van der Waals surface area contributed by atoms with Crippen molar-refractivity contribution in [3.8, 4) is 17.2 Å². The summed E-state index contributed by atoms with van der Waals surface area (Å²) >= 11 is 7.43. The van der Waals surface area contributed by atoms with Gasteiger partial charge in [0, 0.05) is 23.4 Å². The maximum atomic E-state index is 5.88. The number of nitrogens with zero attached hydrogens (tertiary/aromatic N) is 4. The first kappa shape index (κ1) is 18.6. The van der Waals surface area contributed by atoms with Gasteiger partial charge in [0.05, 0.1) is 5.69 Å². The van der Waals surface area contributed by atoms with Crippen molar-refractivity contribution in [2.45, 2.75) is 17.5 Å². The predicted octanol–water partition coefficient (Wildman–Crippen LogP) is 4.99. The zero-order valence-electron chi connectivity index (χ0n) is 15.1. The molecule has 2 aromatic carbocycles. The van der Waals surface area contributed by atoms with E-state index in [1.807, 2.05) is 54.1 Å². The molecular weight excluding hydrogens is 396 g/mol. The number of hydrogen-bond acceptors (Lipinski definition) is 6. The standard InChI is InChI=1S/C20H17ClN4O2S/c1-25-18(12-26-17-9-7-15(21)8-10-17)23-24-20(25)28-13-16-11-27-19(22-16)14-5-3-2-4-6-14/h2-11H,12-13H2,1H3. The minimum Gasteiger partial charge on any atom is -0.486 e. The number of thioether (sulfide) groups is 1. The van der Waals surface area contributed by atoms with Crippen LogP contribution in [0.3, 0.4) is 0 Å². The van der Waals surface area contributed by atoms with Crippen LogP contribution < -0.4 is 4.74 Å². The van der Waals surface area contributed by atoms with E-state index in [1.54, 1.807) is 30.2 Å². The molecule has 8 heteroatoms. The third-order valence-electron chi connectivity index (χ3n) is 4.03. The number of rotatable bonds is 7. The molecule has 6 nitrogen and oxygen atoms in total. The minimum absolute atomic E-state index is 0.327. The van der Waals surface area contributed by atoms with E-state index in [9.17, 15) is 0 Å². The van der Waals surface area contributed by atoms with Gasteiger partial charge in [-0.25, -0.2) is 4.98 Å². The van der Waals surface area contributed by atoms with Gasteiger partial charge in [0.25, 0.3) is 0 Å². The van der Waals surface area contributed by atoms with Gasteiger partial charge in [0.1, 0.15) is 18.6 Å². The Morgan fingerprint density at radius 3 is 2.64 bits per heavy atom. The van der Waals surface area contributed by atoms with Gasteiger partial charge in [-0.2, -0.15) is 0 Å². The highest BCUT2D eigenvalue weighted by atomic mass is 35.5. The molecule has 2 aromatic heterocycles. The summed E-state index contributed by atoms with van der Waals surface area (Å²) in [6, 6.07) is 17.0. The number of oxazole rings is 1. The normalized spacial score (nSPS) is 10.9. The number of ether oxygens (including phenoxy) is 1. The van der Waals surface area contributed by atoms with Crippen LogP contribution in [0.15, 0.2) is 70.4 Å². The largest absolute Gasteiger partial charge is 0.486 e. The van der Waals surface area contributed by atoms with E-state index >= 15 is 0 Å². The molecule has 0 bridgehead atoms. The molecule has 0 radical (unpaired) electrons. The average molecular weight is 413 g/mol. The maximum absolute atomic E-state index is 5.88. The van der Waals surface area contributed by atoms with E-state index in [0.717, 1.165) is 28.0 Å². The van der Waals surface area contributed by atoms with E-state index in [4.69, 9.17) is 20.8 Å². The summed E-state index contributed by atoms with van der Waals surface area (Å²) < 4.78 is 13.2. The molecular formula is C20H17ClN4O2S. The molecule has 0 spiro atoms. The van der Waals surface area contributed by atoms with Crippen molar-refractivity contribution in [2.75, 3.05) is 0 Å². The van der Waals surface area contributed by atoms with Crippen LogP contribution in [0.1, 0.15) is 11.5 Å². The number of hydrogen-bond donors (Lipinski definition) is 0. The summed E-state index contributed by atoms with van der Waals surface area (Å²) in [6.45, 7) is 0.327. The summed E-state index contributed by atoms with van der Waals surface area (Å²) in [5.41, 5.74) is 1.81. The summed E-state index contributed by atoms with van der Waals surface area (Å²) in [4.78, 5) is 4.53. The Labute approximate surface area is 171 Å². The highest BCUT2D eigenvalue weighted by Gasteiger charge is 2.12. The van der Waals surface area contributed by atoms with Crippen molar-refractivity contribution in [1.82, 2.24) is 19.7 Å². The third-order valence-corrected chi connectivity index (χ3v) is 5.33. The molecule has 0 unspecified atom stereocenters. The van der Waals surface area contributed by atoms with E-state index in [-0.39, 0.29) is 0 Å². The summed E-state index contributed by atoms with van der Waals surface area (Å²) in [5, 5.41) is 9.91. The van der Waals surface area contributed by atoms with Gasteiger partial charge < -0.3 is 13.7 Å². The zero-order valence-corrected chi connectivity index (χ0v) is 16.7. The second-order valence-electron chi connectivity index (χ2n) is 6.00. The van der Waals surface area contributed by atoms with Crippen molar-refractivity contribution >= 4 is 23.4 Å². The topological polar surface area (TPSA) is 66.0 Å². The van der Waals surface area contributed by atoms with Crippen LogP contribution in [-0.4, -0.2) is 19.7 Å². The van der Waals surface area contributed by atoms with E-state index in [1.165, 1.54) is 0 Å². The summed E-state index contributed by atoms with van der Waals surface area (Å²) in [7, 11) is 1.92. The molecule has 28 heavy (non-hydrogen) atoms. The Bertz CT molecular complexity index is 1050. The van der Waals surface area contributed by atoms with E-state index in [2.05, 4.69) is 15.2 Å². The van der Waals surface area contributed by atoms with Crippen LogP contribution in [-0.2, 0) is 19.4 Å². The van der Waals surface area contributed by atoms with Gasteiger partial charge in [-0.1, -0.05) is 41.6 Å². The third kappa shape index (κ3) is 4.37. The van der Waals surface area contributed by atoms with Gasteiger partial charge in [-0.05, 0) is 36.4 Å². The molecule has 0 atom stereocenters. The highest BCUT2D eigenvalue weighted by Crippen LogP contribution is 2.24. The molecule has 0 aliphatic carbocycles. The van der Waals surface area contributed by atoms with E-state index in [0.29, 0.717) is 23.3 Å². The number of benzene rings is 2. The lowest BCUT2D eigenvalue weighted by molar-refractivity contribution is 0.290. The Morgan fingerprint density at radius 1 is 1.07 bits per heavy atom. The van der Waals surface area contributed by atoms with Crippen LogP contribution in [0, 0.1) is 0 Å². The first-order chi connectivity index (χ1) is 13.7. The van der Waals surface area contributed by atoms with Gasteiger partial charge in [0.2, 0.25) is 5.89 Å². The van der Waals surface area contributed by atoms with Gasteiger partial charge in [-0.3, -0.25) is 0 Å². The van der Waals surface area contributed by atoms with Crippen molar-refractivity contribution in [1.29, 1.82) is 0 Å². The fourth-order valence-electron chi connectivity index (χ4n) is 2.50. The molecule has 142 valence electrons. The molecule has 4 aromatic rings. The molecule has 2 heterocycles. The van der Waals surface area contributed by atoms with Crippen molar-refractivity contribution < 1.29 is 9.15 Å². The molecule has 0 N–H and O–H groups in total. The highest BCUT2D eigenvalue weighted by molar-refractivity contribution is 7.98. The lowest BCUT2D eigenvalue weighted by atomic mass is 10.2. The average Bonchev–Trinajstić information content (AvgIpc) is 3.34. The first-order valence-electron chi connectivity index (χ1n) is 8.58. The quantitative estimate of drug-likeness (QED) is 0.398. The zero-order chi connectivity index (χ0) is 19.3. The minimum atomic E-state index is 0.327. The predicted molar refractivity (Wildman–Crippen MR) is 108 cm³/mol. The monoisotopic (exact) mass is 412 g/mol. The summed E-state index contributed by atoms with van der Waals surface area (Å²) in [6.07, 6.45) is 1.68. The SMILES string of the molecule is Cn1c(COc2ccc(Cl)cc2)nnc1SCc1coc(-c2ccccc2)n1. The van der Waals surface area contributed by atoms with Gasteiger partial charge in [-0.15, -0.1) is 10.2 Å².